The highest BCUT2D eigenvalue weighted by Gasteiger charge is 2.45. The Labute approximate surface area is 236 Å². The summed E-state index contributed by atoms with van der Waals surface area (Å²) in [4.78, 5) is 0. The molecule has 0 aromatic heterocycles. The van der Waals surface area contributed by atoms with Crippen LogP contribution in [0.3, 0.4) is 0 Å². The summed E-state index contributed by atoms with van der Waals surface area (Å²) in [5.41, 5.74) is 0. The van der Waals surface area contributed by atoms with Gasteiger partial charge in [-0.25, -0.2) is 0 Å². The van der Waals surface area contributed by atoms with E-state index in [2.05, 4.69) is 13.8 Å². The predicted octanol–water partition coefficient (Wildman–Crippen LogP) is 9.40. The summed E-state index contributed by atoms with van der Waals surface area (Å²) in [7, 11) is -5.35. The maximum absolute atomic E-state index is 6.81. The number of para-hydroxylation sites is 4. The molecular formula is C33H40O4Si2. The molecule has 39 heavy (non-hydrogen) atoms. The minimum atomic E-state index is -2.67. The Morgan fingerprint density at radius 3 is 0.872 bits per heavy atom. The highest BCUT2D eigenvalue weighted by molar-refractivity contribution is 6.70. The van der Waals surface area contributed by atoms with Crippen molar-refractivity contribution < 1.29 is 17.7 Å². The Hall–Kier alpha value is -3.49. The van der Waals surface area contributed by atoms with Crippen molar-refractivity contribution in [2.45, 2.75) is 57.3 Å². The summed E-state index contributed by atoms with van der Waals surface area (Å²) in [6.45, 7) is 4.41. The lowest BCUT2D eigenvalue weighted by Gasteiger charge is -2.34. The van der Waals surface area contributed by atoms with Crippen LogP contribution < -0.4 is 17.7 Å². The van der Waals surface area contributed by atoms with E-state index in [-0.39, 0.29) is 0 Å². The van der Waals surface area contributed by atoms with E-state index in [0.717, 1.165) is 66.4 Å². The molecule has 4 aromatic rings. The zero-order valence-corrected chi connectivity index (χ0v) is 25.1. The summed E-state index contributed by atoms with van der Waals surface area (Å²) in [5.74, 6) is 3.47. The van der Waals surface area contributed by atoms with Crippen molar-refractivity contribution >= 4 is 17.1 Å². The predicted molar refractivity (Wildman–Crippen MR) is 164 cm³/mol. The van der Waals surface area contributed by atoms with Crippen LogP contribution in [0.1, 0.15) is 33.1 Å². The summed E-state index contributed by atoms with van der Waals surface area (Å²) < 4.78 is 27.2. The first-order valence-electron chi connectivity index (χ1n) is 14.1. The lowest BCUT2D eigenvalue weighted by Crippen LogP contribution is -2.51. The van der Waals surface area contributed by atoms with Crippen molar-refractivity contribution in [2.75, 3.05) is 0 Å². The average molecular weight is 557 g/mol. The molecule has 0 heterocycles. The van der Waals surface area contributed by atoms with Crippen molar-refractivity contribution in [3.05, 3.63) is 121 Å². The van der Waals surface area contributed by atoms with Crippen molar-refractivity contribution in [3.8, 4) is 23.0 Å². The third-order valence-corrected chi connectivity index (χ3v) is 13.8. The van der Waals surface area contributed by atoms with E-state index in [4.69, 9.17) is 17.7 Å². The van der Waals surface area contributed by atoms with Gasteiger partial charge in [-0.3, -0.25) is 0 Å². The molecule has 0 aliphatic carbocycles. The second-order valence-electron chi connectivity index (χ2n) is 9.84. The fraction of sp³-hybridized carbons (Fsp3) is 0.273. The van der Waals surface area contributed by atoms with E-state index in [0.29, 0.717) is 0 Å². The van der Waals surface area contributed by atoms with E-state index in [1.807, 2.05) is 121 Å². The Kier molecular flexibility index (Phi) is 10.7. The smallest absolute Gasteiger partial charge is 0.460 e. The molecule has 4 nitrogen and oxygen atoms in total. The van der Waals surface area contributed by atoms with Gasteiger partial charge in [-0.05, 0) is 55.0 Å². The molecule has 0 unspecified atom stereocenters. The van der Waals surface area contributed by atoms with Gasteiger partial charge in [-0.2, -0.15) is 0 Å². The van der Waals surface area contributed by atoms with Gasteiger partial charge in [-0.15, -0.1) is 0 Å². The molecule has 0 fully saturated rings. The molecule has 6 heteroatoms. The van der Waals surface area contributed by atoms with Gasteiger partial charge in [-0.1, -0.05) is 99.5 Å². The van der Waals surface area contributed by atoms with Crippen LogP contribution in [-0.4, -0.2) is 17.1 Å². The van der Waals surface area contributed by atoms with E-state index >= 15 is 0 Å². The molecule has 0 aliphatic rings. The topological polar surface area (TPSA) is 36.9 Å². The van der Waals surface area contributed by atoms with Crippen LogP contribution in [0.5, 0.6) is 23.0 Å². The van der Waals surface area contributed by atoms with E-state index < -0.39 is 17.1 Å². The van der Waals surface area contributed by atoms with Gasteiger partial charge in [0, 0.05) is 24.2 Å². The zero-order valence-electron chi connectivity index (χ0n) is 23.1. The molecule has 0 spiro atoms. The average Bonchev–Trinajstić information content (AvgIpc) is 2.95. The molecule has 0 aliphatic heterocycles. The molecular weight excluding hydrogens is 517 g/mol. The quantitative estimate of drug-likeness (QED) is 0.129. The number of benzene rings is 4. The number of rotatable bonds is 16. The summed E-state index contributed by atoms with van der Waals surface area (Å²) in [6, 6.07) is 43.9. The molecule has 0 N–H and O–H groups in total. The SMILES string of the molecule is CCC[Si](CCC[Si](CCC)(Oc1ccccc1)Oc1ccccc1)(Oc1ccccc1)Oc1ccccc1. The molecule has 0 saturated carbocycles. The summed E-state index contributed by atoms with van der Waals surface area (Å²) in [6.07, 6.45) is 2.88. The Bertz CT molecular complexity index is 1030. The Balaban J connectivity index is 1.60. The zero-order chi connectivity index (χ0) is 27.2. The van der Waals surface area contributed by atoms with Crippen LogP contribution in [0.2, 0.25) is 24.2 Å². The summed E-state index contributed by atoms with van der Waals surface area (Å²) >= 11 is 0. The molecule has 4 rings (SSSR count). The molecule has 0 saturated heterocycles. The Morgan fingerprint density at radius 1 is 0.385 bits per heavy atom. The number of hydrogen-bond acceptors (Lipinski definition) is 4. The van der Waals surface area contributed by atoms with E-state index in [1.165, 1.54) is 0 Å². The van der Waals surface area contributed by atoms with Crippen molar-refractivity contribution in [2.24, 2.45) is 0 Å². The number of hydrogen-bond donors (Lipinski definition) is 0. The first kappa shape index (κ1) is 28.5. The highest BCUT2D eigenvalue weighted by Crippen LogP contribution is 2.33. The molecule has 0 amide bonds. The third kappa shape index (κ3) is 8.77. The molecule has 204 valence electrons. The maximum Gasteiger partial charge on any atom is 0.460 e. The molecule has 4 aromatic carbocycles. The molecule has 0 atom stereocenters. The third-order valence-electron chi connectivity index (χ3n) is 6.57. The van der Waals surface area contributed by atoms with Gasteiger partial charge in [0.15, 0.2) is 0 Å². The molecule has 0 bridgehead atoms. The van der Waals surface area contributed by atoms with E-state index in [1.54, 1.807) is 0 Å². The fourth-order valence-electron chi connectivity index (χ4n) is 4.90. The van der Waals surface area contributed by atoms with Gasteiger partial charge >= 0.3 is 17.1 Å². The fourth-order valence-corrected chi connectivity index (χ4v) is 11.9. The van der Waals surface area contributed by atoms with Crippen LogP contribution in [0, 0.1) is 0 Å². The summed E-state index contributed by atoms with van der Waals surface area (Å²) in [5, 5.41) is 0. The lowest BCUT2D eigenvalue weighted by atomic mass is 10.3. The van der Waals surface area contributed by atoms with Gasteiger partial charge in [0.05, 0.1) is 0 Å². The normalized spacial score (nSPS) is 11.5. The lowest BCUT2D eigenvalue weighted by molar-refractivity contribution is 0.364. The second kappa shape index (κ2) is 14.6. The first-order chi connectivity index (χ1) is 19.1. The van der Waals surface area contributed by atoms with Crippen molar-refractivity contribution in [1.29, 1.82) is 0 Å². The van der Waals surface area contributed by atoms with Gasteiger partial charge in [0.25, 0.3) is 0 Å². The van der Waals surface area contributed by atoms with Crippen LogP contribution in [-0.2, 0) is 0 Å². The van der Waals surface area contributed by atoms with Gasteiger partial charge in [0.2, 0.25) is 0 Å². The van der Waals surface area contributed by atoms with E-state index in [9.17, 15) is 0 Å². The highest BCUT2D eigenvalue weighted by atomic mass is 28.4. The van der Waals surface area contributed by atoms with Crippen molar-refractivity contribution in [3.63, 3.8) is 0 Å². The van der Waals surface area contributed by atoms with Crippen LogP contribution >= 0.6 is 0 Å². The first-order valence-corrected chi connectivity index (χ1v) is 18.6. The van der Waals surface area contributed by atoms with Gasteiger partial charge in [0.1, 0.15) is 23.0 Å². The minimum absolute atomic E-state index is 0.847. The second-order valence-corrected chi connectivity index (χ2v) is 16.3. The maximum atomic E-state index is 6.81. The van der Waals surface area contributed by atoms with Crippen molar-refractivity contribution in [1.82, 2.24) is 0 Å². The standard InChI is InChI=1S/C33H40O4Si2/c1-3-26-38(34-30-18-9-5-10-19-30,35-31-20-11-6-12-21-31)28-17-29-39(27-4-2,36-32-22-13-7-14-23-32)37-33-24-15-8-16-25-33/h5-16,18-25H,3-4,17,26-29H2,1-2H3. The van der Waals surface area contributed by atoms with Crippen LogP contribution in [0.25, 0.3) is 0 Å². The largest absolute Gasteiger partial charge is 0.512 e. The van der Waals surface area contributed by atoms with Gasteiger partial charge < -0.3 is 17.7 Å². The molecule has 0 radical (unpaired) electrons. The minimum Gasteiger partial charge on any atom is -0.512 e. The van der Waals surface area contributed by atoms with Crippen LogP contribution in [0.4, 0.5) is 0 Å². The van der Waals surface area contributed by atoms with Crippen LogP contribution in [0.15, 0.2) is 121 Å². The Morgan fingerprint density at radius 2 is 0.641 bits per heavy atom. The monoisotopic (exact) mass is 556 g/mol.